The van der Waals surface area contributed by atoms with E-state index >= 15 is 0 Å². The van der Waals surface area contributed by atoms with E-state index in [1.165, 1.54) is 0 Å². The molecule has 2 rings (SSSR count). The van der Waals surface area contributed by atoms with Crippen LogP contribution in [0, 0.1) is 0 Å². The molecule has 2 heterocycles. The summed E-state index contributed by atoms with van der Waals surface area (Å²) in [6, 6.07) is 3.35. The minimum Gasteiger partial charge on any atom is -0.455 e. The number of likely N-dealkylation sites (tertiary alicyclic amines) is 1. The van der Waals surface area contributed by atoms with Crippen LogP contribution < -0.4 is 11.3 Å². The number of furan rings is 1. The van der Waals surface area contributed by atoms with Gasteiger partial charge in [-0.1, -0.05) is 0 Å². The highest BCUT2D eigenvalue weighted by molar-refractivity contribution is 5.90. The molecule has 1 fully saturated rings. The number of carbonyl (C=O) groups excluding carboxylic acids is 1. The van der Waals surface area contributed by atoms with Crippen LogP contribution in [0.5, 0.6) is 0 Å². The summed E-state index contributed by atoms with van der Waals surface area (Å²) in [5.41, 5.74) is 1.39. The van der Waals surface area contributed by atoms with Crippen molar-refractivity contribution in [2.45, 2.75) is 31.9 Å². The third-order valence-electron chi connectivity index (χ3n) is 3.15. The van der Waals surface area contributed by atoms with Crippen LogP contribution in [0.2, 0.25) is 0 Å². The van der Waals surface area contributed by atoms with Crippen molar-refractivity contribution in [1.29, 1.82) is 0 Å². The standard InChI is InChI=1S/C12H19N3O3/c1-12(17)5-2-6-15(8-12)7-9-3-4-10(18-9)11(16)14-13/h3-4,17H,2,5-8,13H2,1H3,(H,14,16). The quantitative estimate of drug-likeness (QED) is 0.407. The monoisotopic (exact) mass is 253 g/mol. The number of nitrogens with two attached hydrogens (primary N) is 1. The first-order valence-electron chi connectivity index (χ1n) is 6.04. The summed E-state index contributed by atoms with van der Waals surface area (Å²) >= 11 is 0. The number of hydrazine groups is 1. The first kappa shape index (κ1) is 13.1. The van der Waals surface area contributed by atoms with Gasteiger partial charge in [-0.25, -0.2) is 5.84 Å². The summed E-state index contributed by atoms with van der Waals surface area (Å²) in [4.78, 5) is 13.4. The van der Waals surface area contributed by atoms with Crippen molar-refractivity contribution < 1.29 is 14.3 Å². The molecule has 0 aromatic carbocycles. The van der Waals surface area contributed by atoms with E-state index in [9.17, 15) is 9.90 Å². The number of nitrogens with one attached hydrogen (secondary N) is 1. The Hall–Kier alpha value is -1.37. The van der Waals surface area contributed by atoms with E-state index in [-0.39, 0.29) is 5.76 Å². The van der Waals surface area contributed by atoms with Crippen molar-refractivity contribution in [1.82, 2.24) is 10.3 Å². The van der Waals surface area contributed by atoms with Crippen LogP contribution in [0.1, 0.15) is 36.1 Å². The molecule has 1 aliphatic heterocycles. The van der Waals surface area contributed by atoms with Crippen LogP contribution in [0.25, 0.3) is 0 Å². The normalized spacial score (nSPS) is 25.1. The number of piperidine rings is 1. The van der Waals surface area contributed by atoms with Gasteiger partial charge in [0.1, 0.15) is 5.76 Å². The van der Waals surface area contributed by atoms with E-state index in [0.717, 1.165) is 19.4 Å². The number of amides is 1. The lowest BCUT2D eigenvalue weighted by Gasteiger charge is -2.36. The van der Waals surface area contributed by atoms with Crippen LogP contribution in [-0.2, 0) is 6.54 Å². The number of nitrogens with zero attached hydrogens (tertiary/aromatic N) is 1. The van der Waals surface area contributed by atoms with Gasteiger partial charge in [0.05, 0.1) is 12.1 Å². The summed E-state index contributed by atoms with van der Waals surface area (Å²) in [6.07, 6.45) is 1.78. The average Bonchev–Trinajstić information content (AvgIpc) is 2.75. The number of hydrogen-bond acceptors (Lipinski definition) is 5. The van der Waals surface area contributed by atoms with E-state index < -0.39 is 11.5 Å². The number of carbonyl (C=O) groups is 1. The molecule has 1 aromatic heterocycles. The van der Waals surface area contributed by atoms with Crippen molar-refractivity contribution in [3.8, 4) is 0 Å². The molecular weight excluding hydrogens is 234 g/mol. The zero-order valence-electron chi connectivity index (χ0n) is 10.5. The molecule has 1 saturated heterocycles. The summed E-state index contributed by atoms with van der Waals surface area (Å²) in [6.45, 7) is 3.98. The van der Waals surface area contributed by atoms with E-state index in [1.54, 1.807) is 12.1 Å². The number of aliphatic hydroxyl groups is 1. The van der Waals surface area contributed by atoms with Gasteiger partial charge in [0.15, 0.2) is 5.76 Å². The Morgan fingerprint density at radius 3 is 3.11 bits per heavy atom. The fraction of sp³-hybridized carbons (Fsp3) is 0.583. The minimum atomic E-state index is -0.637. The van der Waals surface area contributed by atoms with Crippen LogP contribution in [-0.4, -0.2) is 34.6 Å². The number of nitrogen functional groups attached to an aromatic ring is 1. The second-order valence-electron chi connectivity index (χ2n) is 5.05. The Bertz CT molecular complexity index is 428. The maximum Gasteiger partial charge on any atom is 0.300 e. The number of hydrogen-bond donors (Lipinski definition) is 3. The Labute approximate surface area is 106 Å². The third-order valence-corrected chi connectivity index (χ3v) is 3.15. The first-order valence-corrected chi connectivity index (χ1v) is 6.04. The lowest BCUT2D eigenvalue weighted by Crippen LogP contribution is -2.45. The molecule has 100 valence electrons. The molecule has 0 saturated carbocycles. The van der Waals surface area contributed by atoms with Gasteiger partial charge in [0.25, 0.3) is 0 Å². The van der Waals surface area contributed by atoms with Gasteiger partial charge >= 0.3 is 5.91 Å². The average molecular weight is 253 g/mol. The Balaban J connectivity index is 1.97. The largest absolute Gasteiger partial charge is 0.455 e. The fourth-order valence-electron chi connectivity index (χ4n) is 2.33. The van der Waals surface area contributed by atoms with E-state index in [4.69, 9.17) is 10.3 Å². The van der Waals surface area contributed by atoms with Crippen molar-refractivity contribution in [2.75, 3.05) is 13.1 Å². The van der Waals surface area contributed by atoms with Crippen LogP contribution >= 0.6 is 0 Å². The SMILES string of the molecule is CC1(O)CCCN(Cc2ccc(C(=O)NN)o2)C1. The molecule has 0 radical (unpaired) electrons. The maximum atomic E-state index is 11.2. The van der Waals surface area contributed by atoms with Gasteiger partial charge in [-0.05, 0) is 38.4 Å². The molecule has 1 amide bonds. The van der Waals surface area contributed by atoms with Crippen molar-refractivity contribution in [3.63, 3.8) is 0 Å². The van der Waals surface area contributed by atoms with Gasteiger partial charge in [-0.3, -0.25) is 15.1 Å². The molecule has 0 aliphatic carbocycles. The zero-order valence-corrected chi connectivity index (χ0v) is 10.5. The summed E-state index contributed by atoms with van der Waals surface area (Å²) < 4.78 is 5.39. The fourth-order valence-corrected chi connectivity index (χ4v) is 2.33. The van der Waals surface area contributed by atoms with E-state index in [0.29, 0.717) is 18.8 Å². The Kier molecular flexibility index (Phi) is 3.70. The number of rotatable bonds is 3. The lowest BCUT2D eigenvalue weighted by atomic mass is 9.95. The summed E-state index contributed by atoms with van der Waals surface area (Å²) in [7, 11) is 0. The Morgan fingerprint density at radius 1 is 1.67 bits per heavy atom. The molecule has 0 bridgehead atoms. The van der Waals surface area contributed by atoms with Gasteiger partial charge in [0.2, 0.25) is 0 Å². The van der Waals surface area contributed by atoms with Crippen molar-refractivity contribution in [2.24, 2.45) is 5.84 Å². The molecule has 1 unspecified atom stereocenters. The van der Waals surface area contributed by atoms with E-state index in [1.807, 2.05) is 12.3 Å². The van der Waals surface area contributed by atoms with Crippen LogP contribution in [0.3, 0.4) is 0 Å². The molecule has 6 heteroatoms. The summed E-state index contributed by atoms with van der Waals surface area (Å²) in [5.74, 6) is 5.50. The molecule has 1 aromatic rings. The predicted octanol–water partition coefficient (Wildman–Crippen LogP) is 0.230. The highest BCUT2D eigenvalue weighted by Gasteiger charge is 2.28. The zero-order chi connectivity index (χ0) is 13.2. The van der Waals surface area contributed by atoms with Gasteiger partial charge in [-0.15, -0.1) is 0 Å². The molecule has 1 atom stereocenters. The molecule has 6 nitrogen and oxygen atoms in total. The van der Waals surface area contributed by atoms with Crippen LogP contribution in [0.15, 0.2) is 16.5 Å². The minimum absolute atomic E-state index is 0.205. The number of β-amino-alcohol motifs (C(OH)–C–C–N with tert-alkyl or cyclic N) is 1. The second-order valence-corrected chi connectivity index (χ2v) is 5.05. The lowest BCUT2D eigenvalue weighted by molar-refractivity contribution is -0.0199. The van der Waals surface area contributed by atoms with Gasteiger partial charge in [-0.2, -0.15) is 0 Å². The van der Waals surface area contributed by atoms with Gasteiger partial charge < -0.3 is 9.52 Å². The smallest absolute Gasteiger partial charge is 0.300 e. The molecule has 4 N–H and O–H groups in total. The van der Waals surface area contributed by atoms with E-state index in [2.05, 4.69) is 4.90 Å². The Morgan fingerprint density at radius 2 is 2.44 bits per heavy atom. The predicted molar refractivity (Wildman–Crippen MR) is 65.5 cm³/mol. The maximum absolute atomic E-state index is 11.2. The molecule has 0 spiro atoms. The van der Waals surface area contributed by atoms with Crippen molar-refractivity contribution in [3.05, 3.63) is 23.7 Å². The molecular formula is C12H19N3O3. The second kappa shape index (κ2) is 5.09. The van der Waals surface area contributed by atoms with Crippen LogP contribution in [0.4, 0.5) is 0 Å². The summed E-state index contributed by atoms with van der Waals surface area (Å²) in [5, 5.41) is 10.0. The third kappa shape index (κ3) is 3.10. The topological polar surface area (TPSA) is 91.7 Å². The highest BCUT2D eigenvalue weighted by Crippen LogP contribution is 2.22. The van der Waals surface area contributed by atoms with Crippen molar-refractivity contribution >= 4 is 5.91 Å². The molecule has 1 aliphatic rings. The first-order chi connectivity index (χ1) is 8.50. The van der Waals surface area contributed by atoms with Gasteiger partial charge in [0, 0.05) is 6.54 Å². The molecule has 18 heavy (non-hydrogen) atoms. The highest BCUT2D eigenvalue weighted by atomic mass is 16.4.